The van der Waals surface area contributed by atoms with Gasteiger partial charge in [0.05, 0.1) is 34.2 Å². The minimum atomic E-state index is -3.08. The molecule has 0 aromatic carbocycles. The molecule has 0 radical (unpaired) electrons. The van der Waals surface area contributed by atoms with Crippen molar-refractivity contribution in [2.75, 3.05) is 16.8 Å². The number of fused-ring (bicyclic) bond motifs is 1. The van der Waals surface area contributed by atoms with Crippen LogP contribution in [0.25, 0.3) is 11.0 Å². The summed E-state index contributed by atoms with van der Waals surface area (Å²) in [5, 5.41) is 18.1. The fraction of sp³-hybridized carbons (Fsp3) is 0.591. The quantitative estimate of drug-likeness (QED) is 0.534. The van der Waals surface area contributed by atoms with Gasteiger partial charge in [-0.25, -0.2) is 18.1 Å². The van der Waals surface area contributed by atoms with E-state index in [0.717, 1.165) is 36.4 Å². The molecule has 9 nitrogen and oxygen atoms in total. The SMILES string of the molecule is CCC(CC)c1nnc(NC(=O)c2cc(C3CC3)nc3c2c(C)nn3C2CCS(=O)(=O)C2)s1. The van der Waals surface area contributed by atoms with Gasteiger partial charge in [-0.05, 0) is 45.1 Å². The number of anilines is 1. The number of hydrogen-bond acceptors (Lipinski definition) is 8. The predicted molar refractivity (Wildman–Crippen MR) is 128 cm³/mol. The smallest absolute Gasteiger partial charge is 0.258 e. The second-order valence-electron chi connectivity index (χ2n) is 9.07. The van der Waals surface area contributed by atoms with Gasteiger partial charge in [-0.3, -0.25) is 10.1 Å². The van der Waals surface area contributed by atoms with E-state index in [4.69, 9.17) is 4.98 Å². The first-order chi connectivity index (χ1) is 15.8. The monoisotopic (exact) mass is 488 g/mol. The first kappa shape index (κ1) is 22.4. The maximum Gasteiger partial charge on any atom is 0.258 e. The second-order valence-corrected chi connectivity index (χ2v) is 12.3. The molecule has 1 saturated carbocycles. The number of nitrogens with zero attached hydrogens (tertiary/aromatic N) is 5. The largest absolute Gasteiger partial charge is 0.296 e. The number of sulfone groups is 1. The molecule has 1 saturated heterocycles. The molecule has 1 unspecified atom stereocenters. The molecule has 0 spiro atoms. The Hall–Kier alpha value is -2.40. The Morgan fingerprint density at radius 2 is 2.00 bits per heavy atom. The van der Waals surface area contributed by atoms with E-state index in [-0.39, 0.29) is 23.5 Å². The summed E-state index contributed by atoms with van der Waals surface area (Å²) < 4.78 is 25.9. The number of carbonyl (C=O) groups is 1. The third-order valence-electron chi connectivity index (χ3n) is 6.65. The molecule has 2 aliphatic rings. The van der Waals surface area contributed by atoms with Gasteiger partial charge in [0, 0.05) is 17.5 Å². The third kappa shape index (κ3) is 4.28. The van der Waals surface area contributed by atoms with Crippen LogP contribution in [0.2, 0.25) is 0 Å². The number of carbonyl (C=O) groups excluding carboxylic acids is 1. The number of aryl methyl sites for hydroxylation is 1. The van der Waals surface area contributed by atoms with Gasteiger partial charge < -0.3 is 0 Å². The van der Waals surface area contributed by atoms with Gasteiger partial charge in [-0.2, -0.15) is 5.10 Å². The van der Waals surface area contributed by atoms with E-state index in [1.54, 1.807) is 4.68 Å². The van der Waals surface area contributed by atoms with Crippen molar-refractivity contribution in [1.82, 2.24) is 25.0 Å². The van der Waals surface area contributed by atoms with Crippen molar-refractivity contribution in [2.45, 2.75) is 70.8 Å². The summed E-state index contributed by atoms with van der Waals surface area (Å²) in [4.78, 5) is 18.2. The number of pyridine rings is 1. The van der Waals surface area contributed by atoms with E-state index in [2.05, 4.69) is 34.5 Å². The molecule has 3 aromatic heterocycles. The van der Waals surface area contributed by atoms with Crippen LogP contribution in [-0.4, -0.2) is 50.8 Å². The average molecular weight is 489 g/mol. The van der Waals surface area contributed by atoms with Crippen LogP contribution in [-0.2, 0) is 9.84 Å². The van der Waals surface area contributed by atoms with Crippen molar-refractivity contribution in [2.24, 2.45) is 0 Å². The lowest BCUT2D eigenvalue weighted by Gasteiger charge is -2.11. The Balaban J connectivity index is 1.53. The van der Waals surface area contributed by atoms with E-state index in [1.807, 2.05) is 13.0 Å². The zero-order valence-electron chi connectivity index (χ0n) is 19.0. The third-order valence-corrected chi connectivity index (χ3v) is 9.40. The van der Waals surface area contributed by atoms with Crippen molar-refractivity contribution in [3.8, 4) is 0 Å². The molecule has 1 amide bonds. The highest BCUT2D eigenvalue weighted by atomic mass is 32.2. The van der Waals surface area contributed by atoms with Crippen molar-refractivity contribution in [3.05, 3.63) is 28.0 Å². The number of aromatic nitrogens is 5. The van der Waals surface area contributed by atoms with Gasteiger partial charge in [0.2, 0.25) is 5.13 Å². The Bertz CT molecular complexity index is 1320. The molecule has 1 aliphatic carbocycles. The van der Waals surface area contributed by atoms with E-state index in [1.165, 1.54) is 11.3 Å². The lowest BCUT2D eigenvalue weighted by Crippen LogP contribution is -2.15. The van der Waals surface area contributed by atoms with Gasteiger partial charge in [0.15, 0.2) is 15.5 Å². The maximum atomic E-state index is 13.4. The van der Waals surface area contributed by atoms with Gasteiger partial charge >= 0.3 is 0 Å². The van der Waals surface area contributed by atoms with Crippen molar-refractivity contribution in [3.63, 3.8) is 0 Å². The normalized spacial score (nSPS) is 20.1. The number of amides is 1. The Morgan fingerprint density at radius 1 is 1.24 bits per heavy atom. The van der Waals surface area contributed by atoms with Crippen LogP contribution in [0.15, 0.2) is 6.07 Å². The molecular weight excluding hydrogens is 460 g/mol. The zero-order valence-corrected chi connectivity index (χ0v) is 20.7. The average Bonchev–Trinajstić information content (AvgIpc) is 3.31. The van der Waals surface area contributed by atoms with Gasteiger partial charge in [0.1, 0.15) is 5.01 Å². The lowest BCUT2D eigenvalue weighted by molar-refractivity contribution is 0.102. The molecule has 33 heavy (non-hydrogen) atoms. The van der Waals surface area contributed by atoms with E-state index >= 15 is 0 Å². The van der Waals surface area contributed by atoms with Crippen LogP contribution in [0.4, 0.5) is 5.13 Å². The standard InChI is InChI=1S/C22H28N6O3S2/c1-4-13(5-2)21-25-26-22(32-21)24-20(29)16-10-17(14-6-7-14)23-19-18(16)12(3)27-28(19)15-8-9-33(30,31)11-15/h10,13-15H,4-9,11H2,1-3H3,(H,24,26,29). The molecule has 11 heteroatoms. The lowest BCUT2D eigenvalue weighted by atomic mass is 10.1. The topological polar surface area (TPSA) is 120 Å². The molecule has 3 aromatic rings. The van der Waals surface area contributed by atoms with E-state index in [0.29, 0.717) is 45.7 Å². The summed E-state index contributed by atoms with van der Waals surface area (Å²) in [6, 6.07) is 1.61. The summed E-state index contributed by atoms with van der Waals surface area (Å²) in [6.45, 7) is 6.08. The Kier molecular flexibility index (Phi) is 5.72. The molecule has 4 heterocycles. The number of rotatable bonds is 7. The number of nitrogens with one attached hydrogen (secondary N) is 1. The van der Waals surface area contributed by atoms with Crippen LogP contribution in [0.5, 0.6) is 0 Å². The van der Waals surface area contributed by atoms with Crippen molar-refractivity contribution < 1.29 is 13.2 Å². The summed E-state index contributed by atoms with van der Waals surface area (Å²) in [5.41, 5.74) is 2.64. The fourth-order valence-corrected chi connectivity index (χ4v) is 7.27. The fourth-order valence-electron chi connectivity index (χ4n) is 4.58. The molecule has 2 fully saturated rings. The highest BCUT2D eigenvalue weighted by Gasteiger charge is 2.34. The summed E-state index contributed by atoms with van der Waals surface area (Å²) in [7, 11) is -3.08. The van der Waals surface area contributed by atoms with Crippen LogP contribution >= 0.6 is 11.3 Å². The first-order valence-corrected chi connectivity index (χ1v) is 14.2. The molecule has 1 atom stereocenters. The highest BCUT2D eigenvalue weighted by molar-refractivity contribution is 7.91. The van der Waals surface area contributed by atoms with E-state index < -0.39 is 9.84 Å². The van der Waals surface area contributed by atoms with Crippen LogP contribution in [0.1, 0.15) is 90.6 Å². The highest BCUT2D eigenvalue weighted by Crippen LogP contribution is 2.41. The molecular formula is C22H28N6O3S2. The number of hydrogen-bond donors (Lipinski definition) is 1. The van der Waals surface area contributed by atoms with Gasteiger partial charge in [0.25, 0.3) is 5.91 Å². The summed E-state index contributed by atoms with van der Waals surface area (Å²) in [5.74, 6) is 0.622. The van der Waals surface area contributed by atoms with Gasteiger partial charge in [-0.1, -0.05) is 25.2 Å². The minimum absolute atomic E-state index is 0.0592. The van der Waals surface area contributed by atoms with Gasteiger partial charge in [-0.15, -0.1) is 10.2 Å². The second kappa shape index (κ2) is 8.43. The maximum absolute atomic E-state index is 13.4. The molecule has 1 aliphatic heterocycles. The molecule has 1 N–H and O–H groups in total. The van der Waals surface area contributed by atoms with Crippen molar-refractivity contribution >= 4 is 43.2 Å². The molecule has 176 valence electrons. The Morgan fingerprint density at radius 3 is 2.64 bits per heavy atom. The van der Waals surface area contributed by atoms with Crippen LogP contribution in [0.3, 0.4) is 0 Å². The van der Waals surface area contributed by atoms with Crippen LogP contribution in [0, 0.1) is 6.92 Å². The Labute approximate surface area is 196 Å². The molecule has 5 rings (SSSR count). The van der Waals surface area contributed by atoms with Crippen LogP contribution < -0.4 is 5.32 Å². The summed E-state index contributed by atoms with van der Waals surface area (Å²) in [6.07, 6.45) is 4.55. The first-order valence-electron chi connectivity index (χ1n) is 11.5. The van der Waals surface area contributed by atoms with E-state index in [9.17, 15) is 13.2 Å². The predicted octanol–water partition coefficient (Wildman–Crippen LogP) is 3.98. The zero-order chi connectivity index (χ0) is 23.3. The molecule has 0 bridgehead atoms. The minimum Gasteiger partial charge on any atom is -0.296 e. The van der Waals surface area contributed by atoms with Crippen molar-refractivity contribution in [1.29, 1.82) is 0 Å². The summed E-state index contributed by atoms with van der Waals surface area (Å²) >= 11 is 1.41.